The predicted octanol–water partition coefficient (Wildman–Crippen LogP) is 2.00. The Labute approximate surface area is 84.8 Å². The van der Waals surface area contributed by atoms with Crippen molar-refractivity contribution in [3.63, 3.8) is 0 Å². The van der Waals surface area contributed by atoms with Crippen LogP contribution >= 0.6 is 11.6 Å². The van der Waals surface area contributed by atoms with E-state index in [9.17, 15) is 4.79 Å². The highest BCUT2D eigenvalue weighted by molar-refractivity contribution is 6.34. The fraction of sp³-hybridized carbons (Fsp3) is 0.111. The van der Waals surface area contributed by atoms with E-state index in [0.717, 1.165) is 5.39 Å². The molecule has 0 saturated carbocycles. The highest BCUT2D eigenvalue weighted by Gasteiger charge is 2.13. The minimum atomic E-state index is -0.418. The van der Waals surface area contributed by atoms with Gasteiger partial charge < -0.3 is 4.74 Å². The number of H-pyrrole nitrogens is 1. The van der Waals surface area contributed by atoms with Crippen molar-refractivity contribution in [1.82, 2.24) is 10.2 Å². The molecule has 0 aliphatic carbocycles. The summed E-state index contributed by atoms with van der Waals surface area (Å²) in [4.78, 5) is 11.3. The summed E-state index contributed by atoms with van der Waals surface area (Å²) in [6.45, 7) is 0. The smallest absolute Gasteiger partial charge is 0.340 e. The number of hydrogen-bond acceptors (Lipinski definition) is 3. The van der Waals surface area contributed by atoms with Gasteiger partial charge in [-0.2, -0.15) is 5.10 Å². The number of methoxy groups -OCH3 is 1. The Balaban J connectivity index is 2.71. The Kier molecular flexibility index (Phi) is 2.13. The van der Waals surface area contributed by atoms with E-state index in [0.29, 0.717) is 16.2 Å². The van der Waals surface area contributed by atoms with Crippen LogP contribution in [0.5, 0.6) is 0 Å². The van der Waals surface area contributed by atoms with Crippen LogP contribution in [0.25, 0.3) is 10.9 Å². The van der Waals surface area contributed by atoms with Crippen molar-refractivity contribution < 1.29 is 9.53 Å². The van der Waals surface area contributed by atoms with Crippen molar-refractivity contribution in [2.24, 2.45) is 0 Å². The van der Waals surface area contributed by atoms with E-state index in [1.54, 1.807) is 18.2 Å². The lowest BCUT2D eigenvalue weighted by Gasteiger charge is -1.98. The van der Waals surface area contributed by atoms with E-state index >= 15 is 0 Å². The summed E-state index contributed by atoms with van der Waals surface area (Å²) >= 11 is 5.82. The SMILES string of the molecule is COC(=O)c1cccc2c(Cl)[nH]nc12. The van der Waals surface area contributed by atoms with E-state index in [1.807, 2.05) is 0 Å². The zero-order chi connectivity index (χ0) is 10.1. The van der Waals surface area contributed by atoms with Crippen LogP contribution in [0.15, 0.2) is 18.2 Å². The average molecular weight is 211 g/mol. The van der Waals surface area contributed by atoms with Crippen molar-refractivity contribution >= 4 is 28.5 Å². The molecule has 0 unspecified atom stereocenters. The number of aromatic amines is 1. The molecule has 0 bridgehead atoms. The molecule has 0 amide bonds. The van der Waals surface area contributed by atoms with Gasteiger partial charge in [0.1, 0.15) is 10.7 Å². The first-order valence-corrected chi connectivity index (χ1v) is 4.32. The second-order valence-corrected chi connectivity index (χ2v) is 3.11. The Morgan fingerprint density at radius 2 is 2.36 bits per heavy atom. The summed E-state index contributed by atoms with van der Waals surface area (Å²) in [5, 5.41) is 7.67. The first kappa shape index (κ1) is 9.02. The Morgan fingerprint density at radius 1 is 1.57 bits per heavy atom. The van der Waals surface area contributed by atoms with Gasteiger partial charge in [-0.3, -0.25) is 5.10 Å². The Morgan fingerprint density at radius 3 is 3.07 bits per heavy atom. The molecule has 0 aliphatic rings. The van der Waals surface area contributed by atoms with E-state index in [1.165, 1.54) is 7.11 Å². The number of nitrogens with one attached hydrogen (secondary N) is 1. The van der Waals surface area contributed by atoms with Crippen molar-refractivity contribution in [3.8, 4) is 0 Å². The van der Waals surface area contributed by atoms with Crippen molar-refractivity contribution in [1.29, 1.82) is 0 Å². The topological polar surface area (TPSA) is 55.0 Å². The van der Waals surface area contributed by atoms with Crippen molar-refractivity contribution in [2.75, 3.05) is 7.11 Å². The van der Waals surface area contributed by atoms with Gasteiger partial charge in [0.05, 0.1) is 12.7 Å². The fourth-order valence-corrected chi connectivity index (χ4v) is 1.48. The maximum absolute atomic E-state index is 11.3. The van der Waals surface area contributed by atoms with Crippen LogP contribution in [0.1, 0.15) is 10.4 Å². The van der Waals surface area contributed by atoms with Crippen molar-refractivity contribution in [2.45, 2.75) is 0 Å². The molecule has 14 heavy (non-hydrogen) atoms. The Hall–Kier alpha value is -1.55. The number of esters is 1. The summed E-state index contributed by atoms with van der Waals surface area (Å²) in [6, 6.07) is 5.16. The second-order valence-electron chi connectivity index (χ2n) is 2.73. The minimum Gasteiger partial charge on any atom is -0.465 e. The minimum absolute atomic E-state index is 0.410. The summed E-state index contributed by atoms with van der Waals surface area (Å²) < 4.78 is 4.62. The number of ether oxygens (including phenoxy) is 1. The highest BCUT2D eigenvalue weighted by atomic mass is 35.5. The van der Waals surface area contributed by atoms with E-state index in [2.05, 4.69) is 14.9 Å². The molecule has 1 aromatic heterocycles. The van der Waals surface area contributed by atoms with Gasteiger partial charge in [0.2, 0.25) is 0 Å². The molecule has 0 spiro atoms. The zero-order valence-corrected chi connectivity index (χ0v) is 8.13. The van der Waals surface area contributed by atoms with Gasteiger partial charge in [0, 0.05) is 5.39 Å². The zero-order valence-electron chi connectivity index (χ0n) is 7.37. The molecule has 2 aromatic rings. The van der Waals surface area contributed by atoms with Gasteiger partial charge in [0.15, 0.2) is 0 Å². The lowest BCUT2D eigenvalue weighted by molar-refractivity contribution is 0.0603. The number of hydrogen-bond donors (Lipinski definition) is 1. The molecular weight excluding hydrogens is 204 g/mol. The third-order valence-corrected chi connectivity index (χ3v) is 2.23. The van der Waals surface area contributed by atoms with Gasteiger partial charge in [0.25, 0.3) is 0 Å². The van der Waals surface area contributed by atoms with Gasteiger partial charge >= 0.3 is 5.97 Å². The normalized spacial score (nSPS) is 10.4. The van der Waals surface area contributed by atoms with Gasteiger partial charge in [-0.1, -0.05) is 17.7 Å². The molecule has 0 saturated heterocycles. The number of aromatic nitrogens is 2. The summed E-state index contributed by atoms with van der Waals surface area (Å²) in [5.74, 6) is -0.418. The third kappa shape index (κ3) is 1.24. The summed E-state index contributed by atoms with van der Waals surface area (Å²) in [5.41, 5.74) is 0.942. The lowest BCUT2D eigenvalue weighted by Crippen LogP contribution is -2.01. The summed E-state index contributed by atoms with van der Waals surface area (Å²) in [7, 11) is 1.33. The van der Waals surface area contributed by atoms with Crippen LogP contribution in [-0.4, -0.2) is 23.3 Å². The number of rotatable bonds is 1. The van der Waals surface area contributed by atoms with Crippen molar-refractivity contribution in [3.05, 3.63) is 28.9 Å². The largest absolute Gasteiger partial charge is 0.465 e. The molecule has 1 aromatic carbocycles. The molecule has 1 heterocycles. The number of fused-ring (bicyclic) bond motifs is 1. The molecule has 72 valence electrons. The summed E-state index contributed by atoms with van der Waals surface area (Å²) in [6.07, 6.45) is 0. The number of nitrogens with zero attached hydrogens (tertiary/aromatic N) is 1. The Bertz CT molecular complexity index is 493. The first-order chi connectivity index (χ1) is 6.74. The van der Waals surface area contributed by atoms with Crippen LogP contribution < -0.4 is 0 Å². The van der Waals surface area contributed by atoms with Crippen LogP contribution in [0.3, 0.4) is 0 Å². The average Bonchev–Trinajstić information content (AvgIpc) is 2.59. The molecule has 0 atom stereocenters. The predicted molar refractivity (Wildman–Crippen MR) is 52.4 cm³/mol. The quantitative estimate of drug-likeness (QED) is 0.733. The van der Waals surface area contributed by atoms with Gasteiger partial charge in [-0.15, -0.1) is 0 Å². The second kappa shape index (κ2) is 3.31. The molecule has 0 radical (unpaired) electrons. The molecule has 5 heteroatoms. The van der Waals surface area contributed by atoms with E-state index in [4.69, 9.17) is 11.6 Å². The highest BCUT2D eigenvalue weighted by Crippen LogP contribution is 2.23. The number of carbonyl (C=O) groups is 1. The van der Waals surface area contributed by atoms with E-state index in [-0.39, 0.29) is 0 Å². The third-order valence-electron chi connectivity index (χ3n) is 1.94. The molecule has 4 nitrogen and oxygen atoms in total. The van der Waals surface area contributed by atoms with Crippen LogP contribution in [-0.2, 0) is 4.74 Å². The van der Waals surface area contributed by atoms with Crippen LogP contribution in [0, 0.1) is 0 Å². The maximum atomic E-state index is 11.3. The molecule has 0 fully saturated rings. The molecule has 2 rings (SSSR count). The van der Waals surface area contributed by atoms with Crippen LogP contribution in [0.2, 0.25) is 5.15 Å². The monoisotopic (exact) mass is 210 g/mol. The number of para-hydroxylation sites is 1. The van der Waals surface area contributed by atoms with Crippen LogP contribution in [0.4, 0.5) is 0 Å². The lowest BCUT2D eigenvalue weighted by atomic mass is 10.1. The van der Waals surface area contributed by atoms with Gasteiger partial charge in [-0.25, -0.2) is 4.79 Å². The van der Waals surface area contributed by atoms with Gasteiger partial charge in [-0.05, 0) is 12.1 Å². The molecule has 1 N–H and O–H groups in total. The first-order valence-electron chi connectivity index (χ1n) is 3.95. The maximum Gasteiger partial charge on any atom is 0.340 e. The molecular formula is C9H7ClN2O2. The fourth-order valence-electron chi connectivity index (χ4n) is 1.28. The number of benzene rings is 1. The number of carbonyl (C=O) groups excluding carboxylic acids is 1. The molecule has 0 aliphatic heterocycles. The standard InChI is InChI=1S/C9H7ClN2O2/c1-14-9(13)6-4-2-3-5-7(6)11-12-8(5)10/h2-4H,1H3,(H,11,12). The van der Waals surface area contributed by atoms with E-state index < -0.39 is 5.97 Å². The number of halogens is 1.